The van der Waals surface area contributed by atoms with Crippen molar-refractivity contribution in [3.63, 3.8) is 0 Å². The van der Waals surface area contributed by atoms with Crippen molar-refractivity contribution >= 4 is 5.69 Å². The first-order valence-electron chi connectivity index (χ1n) is 6.93. The lowest BCUT2D eigenvalue weighted by Crippen LogP contribution is -1.98. The second-order valence-corrected chi connectivity index (χ2v) is 4.34. The molecule has 7 heteroatoms. The molecular formula is C16H23N3O4. The molecule has 4 N–H and O–H groups in total. The molecule has 0 saturated carbocycles. The lowest BCUT2D eigenvalue weighted by Gasteiger charge is -1.96. The van der Waals surface area contributed by atoms with Gasteiger partial charge in [-0.2, -0.15) is 0 Å². The van der Waals surface area contributed by atoms with Gasteiger partial charge in [-0.25, -0.2) is 11.8 Å². The Hall–Kier alpha value is -2.32. The summed E-state index contributed by atoms with van der Waals surface area (Å²) in [6.07, 6.45) is 0. The minimum atomic E-state index is -0.451. The van der Waals surface area contributed by atoms with E-state index in [1.54, 1.807) is 12.1 Å². The van der Waals surface area contributed by atoms with Gasteiger partial charge < -0.3 is 4.84 Å². The third kappa shape index (κ3) is 11.0. The molecule has 0 aromatic heterocycles. The first kappa shape index (κ1) is 20.7. The van der Waals surface area contributed by atoms with E-state index < -0.39 is 4.92 Å². The van der Waals surface area contributed by atoms with Crippen LogP contribution in [0.3, 0.4) is 0 Å². The van der Waals surface area contributed by atoms with Crippen LogP contribution in [0, 0.1) is 17.0 Å². The van der Waals surface area contributed by atoms with Gasteiger partial charge in [-0.05, 0) is 31.5 Å². The number of nitro groups is 1. The Morgan fingerprint density at radius 3 is 1.83 bits per heavy atom. The summed E-state index contributed by atoms with van der Waals surface area (Å²) in [5.74, 6) is 9.35. The van der Waals surface area contributed by atoms with E-state index >= 15 is 0 Å². The largest absolute Gasteiger partial charge is 0.305 e. The van der Waals surface area contributed by atoms with Crippen LogP contribution in [-0.2, 0) is 16.3 Å². The fourth-order valence-electron chi connectivity index (χ4n) is 1.34. The summed E-state index contributed by atoms with van der Waals surface area (Å²) in [7, 11) is 0. The van der Waals surface area contributed by atoms with Crippen molar-refractivity contribution in [2.45, 2.75) is 20.5 Å². The van der Waals surface area contributed by atoms with E-state index in [0.29, 0.717) is 6.61 Å². The molecule has 0 spiro atoms. The Morgan fingerprint density at radius 2 is 1.52 bits per heavy atom. The highest BCUT2D eigenvalue weighted by Crippen LogP contribution is 2.11. The molecule has 0 unspecified atom stereocenters. The second-order valence-electron chi connectivity index (χ2n) is 4.34. The minimum Gasteiger partial charge on any atom is -0.305 e. The molecule has 2 aromatic carbocycles. The van der Waals surface area contributed by atoms with Crippen LogP contribution < -0.4 is 11.8 Å². The number of non-ortho nitro benzene ring substituents is 1. The van der Waals surface area contributed by atoms with E-state index in [9.17, 15) is 10.1 Å². The van der Waals surface area contributed by atoms with Crippen molar-refractivity contribution in [3.05, 3.63) is 75.8 Å². The average molecular weight is 321 g/mol. The molecule has 0 amide bonds. The Balaban J connectivity index is 0.000000371. The van der Waals surface area contributed by atoms with Crippen LogP contribution >= 0.6 is 0 Å². The summed E-state index contributed by atoms with van der Waals surface area (Å²) >= 11 is 0. The summed E-state index contributed by atoms with van der Waals surface area (Å²) in [6, 6.07) is 16.3. The van der Waals surface area contributed by atoms with E-state index in [1.165, 1.54) is 17.7 Å². The number of nitro benzene ring substituents is 1. The molecule has 0 heterocycles. The van der Waals surface area contributed by atoms with Crippen LogP contribution in [0.1, 0.15) is 18.1 Å². The zero-order valence-electron chi connectivity index (χ0n) is 13.3. The van der Waals surface area contributed by atoms with Crippen LogP contribution in [-0.4, -0.2) is 11.5 Å². The van der Waals surface area contributed by atoms with Crippen LogP contribution in [0.4, 0.5) is 5.69 Å². The topological polar surface area (TPSA) is 114 Å². The summed E-state index contributed by atoms with van der Waals surface area (Å²) in [5, 5.41) is 10.2. The molecular weight excluding hydrogens is 298 g/mol. The molecule has 126 valence electrons. The molecule has 0 aliphatic heterocycles. The van der Waals surface area contributed by atoms with Gasteiger partial charge in [0.15, 0.2) is 0 Å². The molecule has 0 atom stereocenters. The summed E-state index contributed by atoms with van der Waals surface area (Å²) in [6.45, 7) is 4.78. The first-order valence-corrected chi connectivity index (χ1v) is 6.93. The first-order chi connectivity index (χ1) is 11.0. The second kappa shape index (κ2) is 13.4. The van der Waals surface area contributed by atoms with Gasteiger partial charge in [0, 0.05) is 12.1 Å². The van der Waals surface area contributed by atoms with Gasteiger partial charge in [0.25, 0.3) is 5.69 Å². The van der Waals surface area contributed by atoms with Crippen LogP contribution in [0.5, 0.6) is 0 Å². The number of aryl methyl sites for hydroxylation is 1. The van der Waals surface area contributed by atoms with Crippen molar-refractivity contribution in [1.82, 2.24) is 0 Å². The third-order valence-corrected chi connectivity index (χ3v) is 2.50. The SMILES string of the molecule is CCON.Cc1ccccc1.NOCc1ccc([N+](=O)[O-])cc1. The number of hydrogen-bond donors (Lipinski definition) is 2. The van der Waals surface area contributed by atoms with Gasteiger partial charge in [-0.3, -0.25) is 15.0 Å². The van der Waals surface area contributed by atoms with Gasteiger partial charge in [0.1, 0.15) is 0 Å². The number of rotatable bonds is 4. The predicted molar refractivity (Wildman–Crippen MR) is 89.1 cm³/mol. The lowest BCUT2D eigenvalue weighted by atomic mass is 10.2. The number of hydrogen-bond acceptors (Lipinski definition) is 6. The molecule has 2 rings (SSSR count). The van der Waals surface area contributed by atoms with Gasteiger partial charge >= 0.3 is 0 Å². The Labute approximate surface area is 135 Å². The summed E-state index contributed by atoms with van der Waals surface area (Å²) in [4.78, 5) is 18.2. The van der Waals surface area contributed by atoms with E-state index in [0.717, 1.165) is 5.56 Å². The zero-order chi connectivity index (χ0) is 17.5. The average Bonchev–Trinajstić information content (AvgIpc) is 2.57. The smallest absolute Gasteiger partial charge is 0.269 e. The minimum absolute atomic E-state index is 0.0655. The highest BCUT2D eigenvalue weighted by molar-refractivity contribution is 5.32. The summed E-state index contributed by atoms with van der Waals surface area (Å²) in [5.41, 5.74) is 2.20. The fraction of sp³-hybridized carbons (Fsp3) is 0.250. The summed E-state index contributed by atoms with van der Waals surface area (Å²) < 4.78 is 0. The van der Waals surface area contributed by atoms with Crippen LogP contribution in [0.25, 0.3) is 0 Å². The maximum Gasteiger partial charge on any atom is 0.269 e. The fourth-order valence-corrected chi connectivity index (χ4v) is 1.34. The number of nitrogens with zero attached hydrogens (tertiary/aromatic N) is 1. The maximum atomic E-state index is 10.2. The van der Waals surface area contributed by atoms with Crippen molar-refractivity contribution in [3.8, 4) is 0 Å². The highest BCUT2D eigenvalue weighted by atomic mass is 16.6. The standard InChI is InChI=1S/C7H8N2O3.C7H8.C2H7NO/c8-12-5-6-1-3-7(4-2-6)9(10)11;1-7-5-3-2-4-6-7;1-2-4-3/h1-4H,5,8H2;2-6H,1H3;2-3H2,1H3. The molecule has 7 nitrogen and oxygen atoms in total. The number of benzene rings is 2. The van der Waals surface area contributed by atoms with Gasteiger partial charge in [-0.1, -0.05) is 35.9 Å². The molecule has 0 radical (unpaired) electrons. The van der Waals surface area contributed by atoms with Gasteiger partial charge in [0.05, 0.1) is 18.1 Å². The van der Waals surface area contributed by atoms with Gasteiger partial charge in [-0.15, -0.1) is 0 Å². The van der Waals surface area contributed by atoms with Crippen molar-refractivity contribution in [1.29, 1.82) is 0 Å². The van der Waals surface area contributed by atoms with E-state index in [1.807, 2.05) is 25.1 Å². The Morgan fingerprint density at radius 1 is 1.00 bits per heavy atom. The highest BCUT2D eigenvalue weighted by Gasteiger charge is 2.02. The van der Waals surface area contributed by atoms with Crippen LogP contribution in [0.2, 0.25) is 0 Å². The third-order valence-electron chi connectivity index (χ3n) is 2.50. The van der Waals surface area contributed by atoms with Crippen LogP contribution in [0.15, 0.2) is 54.6 Å². The van der Waals surface area contributed by atoms with Gasteiger partial charge in [0.2, 0.25) is 0 Å². The van der Waals surface area contributed by atoms with E-state index in [4.69, 9.17) is 5.90 Å². The molecule has 23 heavy (non-hydrogen) atoms. The van der Waals surface area contributed by atoms with Crippen molar-refractivity contribution in [2.24, 2.45) is 11.8 Å². The Kier molecular flexibility index (Phi) is 12.0. The zero-order valence-corrected chi connectivity index (χ0v) is 13.3. The van der Waals surface area contributed by atoms with E-state index in [-0.39, 0.29) is 12.3 Å². The quantitative estimate of drug-likeness (QED) is 0.661. The maximum absolute atomic E-state index is 10.2. The predicted octanol–water partition coefficient (Wildman–Crippen LogP) is 2.88. The molecule has 0 aliphatic carbocycles. The van der Waals surface area contributed by atoms with Crippen molar-refractivity contribution < 1.29 is 14.6 Å². The normalized spacial score (nSPS) is 9.04. The molecule has 0 aliphatic rings. The number of nitrogens with two attached hydrogens (primary N) is 2. The van der Waals surface area contributed by atoms with E-state index in [2.05, 4.69) is 34.6 Å². The molecule has 0 bridgehead atoms. The molecule has 0 saturated heterocycles. The Bertz CT molecular complexity index is 531. The lowest BCUT2D eigenvalue weighted by molar-refractivity contribution is -0.384. The molecule has 0 fully saturated rings. The monoisotopic (exact) mass is 321 g/mol. The van der Waals surface area contributed by atoms with Crippen molar-refractivity contribution in [2.75, 3.05) is 6.61 Å². The molecule has 2 aromatic rings.